The van der Waals surface area contributed by atoms with Crippen LogP contribution in [0.2, 0.25) is 0 Å². The Kier molecular flexibility index (Phi) is 6.96. The Hall–Kier alpha value is -7.55. The summed E-state index contributed by atoms with van der Waals surface area (Å²) >= 11 is 1.71. The first-order valence-electron chi connectivity index (χ1n) is 18.7. The number of thiophene rings is 1. The highest BCUT2D eigenvalue weighted by molar-refractivity contribution is 7.26. The summed E-state index contributed by atoms with van der Waals surface area (Å²) in [7, 11) is 0. The first kappa shape index (κ1) is 31.8. The normalized spacial score (nSPS) is 11.9. The second-order valence-corrected chi connectivity index (χ2v) is 15.0. The third-order valence-corrected chi connectivity index (χ3v) is 11.7. The zero-order chi connectivity index (χ0) is 37.5. The number of rotatable bonds is 5. The first-order valence-corrected chi connectivity index (χ1v) is 19.5. The lowest BCUT2D eigenvalue weighted by atomic mass is 10.0. The molecule has 0 atom stereocenters. The highest BCUT2D eigenvalue weighted by atomic mass is 32.1. The van der Waals surface area contributed by atoms with Gasteiger partial charge in [-0.15, -0.1) is 11.3 Å². The first-order chi connectivity index (χ1) is 28.2. The summed E-state index contributed by atoms with van der Waals surface area (Å²) in [6.07, 6.45) is 0. The van der Waals surface area contributed by atoms with Crippen LogP contribution in [0.5, 0.6) is 0 Å². The van der Waals surface area contributed by atoms with Crippen molar-refractivity contribution in [3.63, 3.8) is 0 Å². The lowest BCUT2D eigenvalue weighted by Crippen LogP contribution is -2.00. The molecule has 12 rings (SSSR count). The van der Waals surface area contributed by atoms with Gasteiger partial charge in [-0.3, -0.25) is 0 Å². The lowest BCUT2D eigenvalue weighted by molar-refractivity contribution is 0.669. The maximum absolute atomic E-state index is 6.79. The summed E-state index contributed by atoms with van der Waals surface area (Å²) in [6, 6.07) is 55.1. The third kappa shape index (κ3) is 5.08. The molecular weight excluding hydrogens is 723 g/mol. The summed E-state index contributed by atoms with van der Waals surface area (Å²) in [6.45, 7) is 0. The van der Waals surface area contributed by atoms with Crippen molar-refractivity contribution >= 4 is 75.5 Å². The number of benzene rings is 7. The van der Waals surface area contributed by atoms with Crippen LogP contribution in [-0.4, -0.2) is 24.9 Å². The zero-order valence-corrected chi connectivity index (χ0v) is 30.9. The van der Waals surface area contributed by atoms with Crippen LogP contribution < -0.4 is 0 Å². The van der Waals surface area contributed by atoms with Gasteiger partial charge in [0.1, 0.15) is 22.3 Å². The fourth-order valence-electron chi connectivity index (χ4n) is 7.92. The molecule has 0 aliphatic heterocycles. The van der Waals surface area contributed by atoms with E-state index >= 15 is 0 Å². The molecule has 12 aromatic rings. The minimum Gasteiger partial charge on any atom is -0.456 e. The van der Waals surface area contributed by atoms with Gasteiger partial charge in [0.25, 0.3) is 0 Å². The van der Waals surface area contributed by atoms with Crippen LogP contribution in [0.3, 0.4) is 0 Å². The summed E-state index contributed by atoms with van der Waals surface area (Å²) in [4.78, 5) is 25.7. The average Bonchev–Trinajstić information content (AvgIpc) is 3.98. The molecule has 7 nitrogen and oxygen atoms in total. The second-order valence-electron chi connectivity index (χ2n) is 14.0. The molecule has 0 aliphatic rings. The van der Waals surface area contributed by atoms with Crippen LogP contribution in [-0.2, 0) is 0 Å². The molecule has 5 aromatic heterocycles. The smallest absolute Gasteiger partial charge is 0.164 e. The highest BCUT2D eigenvalue weighted by Crippen LogP contribution is 2.44. The van der Waals surface area contributed by atoms with Gasteiger partial charge in [-0.2, -0.15) is 0 Å². The third-order valence-electron chi connectivity index (χ3n) is 10.6. The SMILES string of the molecule is c1ccc(-c2nc(-c3ccccc3)nc(-c3cccc4oc5c(-c6nc(-c7ccc8oc9ccccc9c8c7)c7sc8ccccc8c7n6)cccc5c34)n2)cc1. The topological polar surface area (TPSA) is 90.7 Å². The van der Waals surface area contributed by atoms with Crippen LogP contribution in [0, 0.1) is 0 Å². The molecule has 0 aliphatic carbocycles. The van der Waals surface area contributed by atoms with Crippen LogP contribution in [0.15, 0.2) is 173 Å². The molecule has 57 heavy (non-hydrogen) atoms. The van der Waals surface area contributed by atoms with E-state index in [0.29, 0.717) is 28.9 Å². The zero-order valence-electron chi connectivity index (χ0n) is 30.0. The van der Waals surface area contributed by atoms with Crippen molar-refractivity contribution in [2.24, 2.45) is 0 Å². The largest absolute Gasteiger partial charge is 0.456 e. The van der Waals surface area contributed by atoms with Gasteiger partial charge in [0.2, 0.25) is 0 Å². The van der Waals surface area contributed by atoms with Crippen molar-refractivity contribution in [1.29, 1.82) is 0 Å². The van der Waals surface area contributed by atoms with Crippen molar-refractivity contribution in [2.45, 2.75) is 0 Å². The summed E-state index contributed by atoms with van der Waals surface area (Å²) in [5.41, 5.74) is 9.36. The number of nitrogens with zero attached hydrogens (tertiary/aromatic N) is 5. The standard InChI is InChI=1S/C49H27N5O2S/c1-3-13-28(14-4-1)46-52-47(29-15-5-2-6-16-29)54-48(53-46)34-20-12-23-39-41(34)33-19-11-21-35(44(33)56-39)49-50-42(45-43(51-49)32-18-8-10-24-40(32)57-45)30-25-26-38-36(27-30)31-17-7-9-22-37(31)55-38/h1-27H. The number of hydrogen-bond donors (Lipinski definition) is 0. The fraction of sp³-hybridized carbons (Fsp3) is 0. The monoisotopic (exact) mass is 749 g/mol. The van der Waals surface area contributed by atoms with Crippen molar-refractivity contribution in [2.75, 3.05) is 0 Å². The maximum atomic E-state index is 6.79. The molecule has 0 saturated heterocycles. The van der Waals surface area contributed by atoms with E-state index in [1.807, 2.05) is 109 Å². The van der Waals surface area contributed by atoms with Crippen molar-refractivity contribution in [3.05, 3.63) is 164 Å². The van der Waals surface area contributed by atoms with Gasteiger partial charge in [-0.1, -0.05) is 121 Å². The molecule has 0 fully saturated rings. The van der Waals surface area contributed by atoms with E-state index in [4.69, 9.17) is 33.8 Å². The predicted octanol–water partition coefficient (Wildman–Crippen LogP) is 13.2. The quantitative estimate of drug-likeness (QED) is 0.173. The highest BCUT2D eigenvalue weighted by Gasteiger charge is 2.23. The molecular formula is C49H27N5O2S. The Labute approximate surface area is 328 Å². The van der Waals surface area contributed by atoms with Gasteiger partial charge in [-0.05, 0) is 42.5 Å². The van der Waals surface area contributed by atoms with E-state index in [9.17, 15) is 0 Å². The Balaban J connectivity index is 1.09. The van der Waals surface area contributed by atoms with E-state index < -0.39 is 0 Å². The van der Waals surface area contributed by atoms with Gasteiger partial charge in [0.05, 0.1) is 21.5 Å². The molecule has 8 heteroatoms. The summed E-state index contributed by atoms with van der Waals surface area (Å²) < 4.78 is 15.2. The summed E-state index contributed by atoms with van der Waals surface area (Å²) in [5, 5.41) is 5.05. The van der Waals surface area contributed by atoms with E-state index in [2.05, 4.69) is 54.6 Å². The molecule has 266 valence electrons. The van der Waals surface area contributed by atoms with E-state index in [0.717, 1.165) is 92.1 Å². The predicted molar refractivity (Wildman–Crippen MR) is 230 cm³/mol. The average molecular weight is 750 g/mol. The number of hydrogen-bond acceptors (Lipinski definition) is 8. The van der Waals surface area contributed by atoms with Gasteiger partial charge < -0.3 is 8.83 Å². The van der Waals surface area contributed by atoms with Gasteiger partial charge in [0, 0.05) is 53.9 Å². The lowest BCUT2D eigenvalue weighted by Gasteiger charge is -2.09. The van der Waals surface area contributed by atoms with Crippen LogP contribution >= 0.6 is 11.3 Å². The molecule has 0 amide bonds. The molecule has 0 N–H and O–H groups in total. The summed E-state index contributed by atoms with van der Waals surface area (Å²) in [5.74, 6) is 2.35. The number of aromatic nitrogens is 5. The molecule has 0 bridgehead atoms. The van der Waals surface area contributed by atoms with Gasteiger partial charge in [-0.25, -0.2) is 24.9 Å². The molecule has 5 heterocycles. The molecule has 0 spiro atoms. The van der Waals surface area contributed by atoms with Crippen molar-refractivity contribution in [3.8, 4) is 56.8 Å². The Morgan fingerprint density at radius 1 is 0.386 bits per heavy atom. The fourth-order valence-corrected chi connectivity index (χ4v) is 9.07. The van der Waals surface area contributed by atoms with Crippen LogP contribution in [0.4, 0.5) is 0 Å². The maximum Gasteiger partial charge on any atom is 0.164 e. The Morgan fingerprint density at radius 2 is 1.00 bits per heavy atom. The van der Waals surface area contributed by atoms with Gasteiger partial charge >= 0.3 is 0 Å². The van der Waals surface area contributed by atoms with Crippen LogP contribution in [0.1, 0.15) is 0 Å². The van der Waals surface area contributed by atoms with Gasteiger partial charge in [0.15, 0.2) is 23.3 Å². The van der Waals surface area contributed by atoms with E-state index in [1.54, 1.807) is 11.3 Å². The molecule has 7 aromatic carbocycles. The minimum absolute atomic E-state index is 0.563. The van der Waals surface area contributed by atoms with Crippen molar-refractivity contribution in [1.82, 2.24) is 24.9 Å². The number of para-hydroxylation sites is 2. The minimum atomic E-state index is 0.563. The Morgan fingerprint density at radius 3 is 1.81 bits per heavy atom. The molecule has 0 saturated carbocycles. The Bertz CT molecular complexity index is 3480. The molecule has 0 unspecified atom stereocenters. The van der Waals surface area contributed by atoms with E-state index in [1.165, 1.54) is 0 Å². The number of furan rings is 2. The second kappa shape index (κ2) is 12.5. The number of fused-ring (bicyclic) bond motifs is 9. The molecule has 0 radical (unpaired) electrons. The van der Waals surface area contributed by atoms with E-state index in [-0.39, 0.29) is 0 Å². The van der Waals surface area contributed by atoms with Crippen molar-refractivity contribution < 1.29 is 8.83 Å². The van der Waals surface area contributed by atoms with Crippen LogP contribution in [0.25, 0.3) is 121 Å².